The predicted molar refractivity (Wildman–Crippen MR) is 104 cm³/mol. The van der Waals surface area contributed by atoms with E-state index in [1.807, 2.05) is 29.1 Å². The summed E-state index contributed by atoms with van der Waals surface area (Å²) in [5.41, 5.74) is 9.99. The van der Waals surface area contributed by atoms with Crippen molar-refractivity contribution in [3.63, 3.8) is 0 Å². The second-order valence-corrected chi connectivity index (χ2v) is 6.95. The predicted octanol–water partition coefficient (Wildman–Crippen LogP) is 3.49. The van der Waals surface area contributed by atoms with Crippen LogP contribution in [-0.4, -0.2) is 26.9 Å². The van der Waals surface area contributed by atoms with Crippen molar-refractivity contribution in [2.45, 2.75) is 18.4 Å². The largest absolute Gasteiger partial charge is 0.494 e. The molecule has 0 spiro atoms. The number of hydrogen-bond donors (Lipinski definition) is 1. The van der Waals surface area contributed by atoms with Crippen LogP contribution in [0.1, 0.15) is 28.7 Å². The zero-order valence-corrected chi connectivity index (χ0v) is 15.2. The number of anilines is 1. The molecule has 28 heavy (non-hydrogen) atoms. The standard InChI is InChI=1S/C21H18FN5O/c1-28-18-9-13(6-7-16(18)22)19-14-5-3-2-4-12(14)8-17(19)27-10-15-20(23)24-11-25-21(15)26-27/h2-7,9-11,17,19H,8H2,1H3,(H2,23,24,25,26). The second-order valence-electron chi connectivity index (χ2n) is 6.95. The first-order valence-corrected chi connectivity index (χ1v) is 9.02. The van der Waals surface area contributed by atoms with Crippen molar-refractivity contribution in [1.82, 2.24) is 19.7 Å². The second kappa shape index (κ2) is 6.30. The van der Waals surface area contributed by atoms with Gasteiger partial charge < -0.3 is 10.5 Å². The van der Waals surface area contributed by atoms with Crippen LogP contribution in [0.3, 0.4) is 0 Å². The van der Waals surface area contributed by atoms with E-state index in [9.17, 15) is 4.39 Å². The molecule has 2 atom stereocenters. The molecule has 2 N–H and O–H groups in total. The molecule has 1 aliphatic carbocycles. The van der Waals surface area contributed by atoms with Crippen LogP contribution in [0.25, 0.3) is 11.0 Å². The highest BCUT2D eigenvalue weighted by Gasteiger charge is 2.36. The van der Waals surface area contributed by atoms with Crippen molar-refractivity contribution in [3.05, 3.63) is 77.5 Å². The molecule has 6 nitrogen and oxygen atoms in total. The van der Waals surface area contributed by atoms with E-state index in [1.54, 1.807) is 6.07 Å². The number of fused-ring (bicyclic) bond motifs is 2. The lowest BCUT2D eigenvalue weighted by Crippen LogP contribution is -2.16. The summed E-state index contributed by atoms with van der Waals surface area (Å²) in [5.74, 6) is 0.282. The summed E-state index contributed by atoms with van der Waals surface area (Å²) in [6.45, 7) is 0. The Morgan fingerprint density at radius 2 is 2.04 bits per heavy atom. The molecule has 7 heteroatoms. The van der Waals surface area contributed by atoms with E-state index in [1.165, 1.54) is 30.6 Å². The van der Waals surface area contributed by atoms with E-state index in [-0.39, 0.29) is 23.5 Å². The fourth-order valence-corrected chi connectivity index (χ4v) is 4.14. The zero-order chi connectivity index (χ0) is 19.3. The van der Waals surface area contributed by atoms with E-state index < -0.39 is 0 Å². The number of aromatic nitrogens is 4. The third kappa shape index (κ3) is 2.51. The first kappa shape index (κ1) is 16.7. The van der Waals surface area contributed by atoms with Crippen molar-refractivity contribution >= 4 is 16.9 Å². The molecule has 0 fully saturated rings. The van der Waals surface area contributed by atoms with Crippen LogP contribution < -0.4 is 10.5 Å². The van der Waals surface area contributed by atoms with Crippen molar-refractivity contribution in [1.29, 1.82) is 0 Å². The van der Waals surface area contributed by atoms with Crippen molar-refractivity contribution in [3.8, 4) is 5.75 Å². The van der Waals surface area contributed by atoms with Gasteiger partial charge in [-0.15, -0.1) is 0 Å². The Balaban J connectivity index is 1.67. The number of nitrogens with zero attached hydrogens (tertiary/aromatic N) is 4. The summed E-state index contributed by atoms with van der Waals surface area (Å²) in [5, 5.41) is 5.39. The number of nitrogen functional groups attached to an aromatic ring is 1. The minimum absolute atomic E-state index is 0.00851. The summed E-state index contributed by atoms with van der Waals surface area (Å²) in [4.78, 5) is 8.28. The lowest BCUT2D eigenvalue weighted by molar-refractivity contribution is 0.383. The smallest absolute Gasteiger partial charge is 0.186 e. The molecule has 140 valence electrons. The topological polar surface area (TPSA) is 78.9 Å². The molecule has 2 aromatic carbocycles. The summed E-state index contributed by atoms with van der Waals surface area (Å²) in [6, 6.07) is 13.4. The SMILES string of the molecule is COc1cc(C2c3ccccc3CC2n2cc3c(N)ncnc3n2)ccc1F. The number of ether oxygens (including phenoxy) is 1. The first-order chi connectivity index (χ1) is 13.7. The summed E-state index contributed by atoms with van der Waals surface area (Å²) < 4.78 is 21.1. The maximum Gasteiger partial charge on any atom is 0.186 e. The van der Waals surface area contributed by atoms with Gasteiger partial charge in [-0.3, -0.25) is 4.68 Å². The zero-order valence-electron chi connectivity index (χ0n) is 15.2. The summed E-state index contributed by atoms with van der Waals surface area (Å²) >= 11 is 0. The third-order valence-corrected chi connectivity index (χ3v) is 5.44. The molecule has 2 unspecified atom stereocenters. The molecule has 2 aromatic heterocycles. The van der Waals surface area contributed by atoms with Crippen molar-refractivity contribution < 1.29 is 9.13 Å². The van der Waals surface area contributed by atoms with Gasteiger partial charge in [0.1, 0.15) is 12.1 Å². The van der Waals surface area contributed by atoms with Crippen LogP contribution in [0.15, 0.2) is 55.0 Å². The molecule has 0 radical (unpaired) electrons. The van der Waals surface area contributed by atoms with E-state index in [0.29, 0.717) is 11.5 Å². The molecule has 0 saturated carbocycles. The van der Waals surface area contributed by atoms with Gasteiger partial charge >= 0.3 is 0 Å². The molecular weight excluding hydrogens is 357 g/mol. The third-order valence-electron chi connectivity index (χ3n) is 5.44. The van der Waals surface area contributed by atoms with Gasteiger partial charge in [-0.25, -0.2) is 14.4 Å². The fraction of sp³-hybridized carbons (Fsp3) is 0.190. The van der Waals surface area contributed by atoms with E-state index in [4.69, 9.17) is 10.5 Å². The molecule has 0 bridgehead atoms. The molecule has 1 aliphatic rings. The van der Waals surface area contributed by atoms with Crippen LogP contribution in [0.5, 0.6) is 5.75 Å². The van der Waals surface area contributed by atoms with Crippen LogP contribution >= 0.6 is 0 Å². The van der Waals surface area contributed by atoms with Gasteiger partial charge in [0.2, 0.25) is 0 Å². The van der Waals surface area contributed by atoms with Gasteiger partial charge in [-0.2, -0.15) is 5.10 Å². The van der Waals surface area contributed by atoms with Gasteiger partial charge in [-0.1, -0.05) is 30.3 Å². The van der Waals surface area contributed by atoms with Gasteiger partial charge in [-0.05, 0) is 35.2 Å². The number of benzene rings is 2. The Kier molecular flexibility index (Phi) is 3.75. The average molecular weight is 375 g/mol. The Morgan fingerprint density at radius 3 is 2.86 bits per heavy atom. The molecular formula is C21H18FN5O. The molecule has 0 saturated heterocycles. The highest BCUT2D eigenvalue weighted by molar-refractivity contribution is 5.84. The Labute approximate surface area is 160 Å². The fourth-order valence-electron chi connectivity index (χ4n) is 4.14. The number of halogens is 1. The van der Waals surface area contributed by atoms with Crippen LogP contribution in [0.2, 0.25) is 0 Å². The first-order valence-electron chi connectivity index (χ1n) is 9.02. The Bertz CT molecular complexity index is 1190. The number of rotatable bonds is 3. The number of nitrogens with two attached hydrogens (primary N) is 1. The van der Waals surface area contributed by atoms with Gasteiger partial charge in [0.15, 0.2) is 17.2 Å². The summed E-state index contributed by atoms with van der Waals surface area (Å²) in [6.07, 6.45) is 4.12. The van der Waals surface area contributed by atoms with Gasteiger partial charge in [0.25, 0.3) is 0 Å². The number of methoxy groups -OCH3 is 1. The molecule has 5 rings (SSSR count). The number of hydrogen-bond acceptors (Lipinski definition) is 5. The Hall–Kier alpha value is -3.48. The average Bonchev–Trinajstić information content (AvgIpc) is 3.31. The summed E-state index contributed by atoms with van der Waals surface area (Å²) in [7, 11) is 1.48. The lowest BCUT2D eigenvalue weighted by atomic mass is 9.90. The van der Waals surface area contributed by atoms with Crippen LogP contribution in [-0.2, 0) is 6.42 Å². The minimum atomic E-state index is -0.373. The highest BCUT2D eigenvalue weighted by Crippen LogP contribution is 2.46. The van der Waals surface area contributed by atoms with Crippen molar-refractivity contribution in [2.75, 3.05) is 12.8 Å². The molecule has 0 amide bonds. The van der Waals surface area contributed by atoms with Crippen LogP contribution in [0.4, 0.5) is 10.2 Å². The van der Waals surface area contributed by atoms with Crippen molar-refractivity contribution in [2.24, 2.45) is 0 Å². The van der Waals surface area contributed by atoms with Crippen LogP contribution in [0, 0.1) is 5.82 Å². The minimum Gasteiger partial charge on any atom is -0.494 e. The lowest BCUT2D eigenvalue weighted by Gasteiger charge is -2.22. The Morgan fingerprint density at radius 1 is 1.18 bits per heavy atom. The van der Waals surface area contributed by atoms with E-state index >= 15 is 0 Å². The maximum atomic E-state index is 14.0. The van der Waals surface area contributed by atoms with E-state index in [0.717, 1.165) is 17.4 Å². The molecule has 0 aliphatic heterocycles. The quantitative estimate of drug-likeness (QED) is 0.593. The highest BCUT2D eigenvalue weighted by atomic mass is 19.1. The van der Waals surface area contributed by atoms with Gasteiger partial charge in [0.05, 0.1) is 18.5 Å². The monoisotopic (exact) mass is 375 g/mol. The maximum absolute atomic E-state index is 14.0. The molecule has 2 heterocycles. The normalized spacial score (nSPS) is 18.4. The molecule has 4 aromatic rings. The van der Waals surface area contributed by atoms with E-state index in [2.05, 4.69) is 27.2 Å². The van der Waals surface area contributed by atoms with Gasteiger partial charge in [0, 0.05) is 12.1 Å².